The molecule has 56 heavy (non-hydrogen) atoms. The standard InChI is InChI=1S/C54H31NO/c1-3-17-41-39(15-1)51(33-24-26-50-43(29-33)37-14-6-8-22-49(37)56-50)40-16-2-4-18-42(40)52(41)34-23-25-36-44-31-55-28-27-46(44)54(48(36)30-34)45-20-7-5-13-35(45)38-19-9-11-32-12-10-21-47(54)53(32)38/h1-31H. The van der Waals surface area contributed by atoms with Crippen LogP contribution in [-0.4, -0.2) is 4.98 Å². The van der Waals surface area contributed by atoms with Crippen LogP contribution in [0.4, 0.5) is 0 Å². The van der Waals surface area contributed by atoms with E-state index in [1.807, 2.05) is 12.3 Å². The van der Waals surface area contributed by atoms with Crippen molar-refractivity contribution in [3.05, 3.63) is 211 Å². The molecule has 2 nitrogen and oxygen atoms in total. The van der Waals surface area contributed by atoms with Gasteiger partial charge >= 0.3 is 0 Å². The number of furan rings is 1. The minimum atomic E-state index is -0.512. The molecule has 1 unspecified atom stereocenters. The zero-order valence-corrected chi connectivity index (χ0v) is 30.3. The third-order valence-electron chi connectivity index (χ3n) is 12.8. The number of hydrogen-bond donors (Lipinski definition) is 0. The van der Waals surface area contributed by atoms with E-state index in [0.29, 0.717) is 0 Å². The van der Waals surface area contributed by atoms with E-state index in [2.05, 4.69) is 176 Å². The van der Waals surface area contributed by atoms with Crippen LogP contribution >= 0.6 is 0 Å². The van der Waals surface area contributed by atoms with Gasteiger partial charge in [-0.3, -0.25) is 4.98 Å². The van der Waals surface area contributed by atoms with Crippen molar-refractivity contribution >= 4 is 54.3 Å². The number of nitrogens with zero attached hydrogens (tertiary/aromatic N) is 1. The first-order valence-corrected chi connectivity index (χ1v) is 19.4. The summed E-state index contributed by atoms with van der Waals surface area (Å²) >= 11 is 0. The van der Waals surface area contributed by atoms with Crippen molar-refractivity contribution in [2.75, 3.05) is 0 Å². The first-order valence-electron chi connectivity index (χ1n) is 19.4. The van der Waals surface area contributed by atoms with Crippen LogP contribution in [0.3, 0.4) is 0 Å². The summed E-state index contributed by atoms with van der Waals surface area (Å²) in [4.78, 5) is 4.71. The molecule has 0 N–H and O–H groups in total. The van der Waals surface area contributed by atoms with Gasteiger partial charge in [0.05, 0.1) is 5.41 Å². The average Bonchev–Trinajstić information content (AvgIpc) is 3.78. The van der Waals surface area contributed by atoms with Crippen LogP contribution in [0.25, 0.3) is 98.8 Å². The normalized spacial score (nSPS) is 15.2. The van der Waals surface area contributed by atoms with Crippen molar-refractivity contribution in [1.29, 1.82) is 0 Å². The minimum Gasteiger partial charge on any atom is -0.456 e. The molecule has 2 aliphatic carbocycles. The SMILES string of the molecule is c1ccc2c(c1)-c1cccc3cccc(c13)C21c2ccncc2-c2ccc(-c3c4ccccc4c(-c4ccc5oc6ccccc6c5c4)c4ccccc34)cc21. The Morgan fingerprint density at radius 1 is 0.375 bits per heavy atom. The Labute approximate surface area is 322 Å². The van der Waals surface area contributed by atoms with E-state index in [4.69, 9.17) is 9.40 Å². The fourth-order valence-corrected chi connectivity index (χ4v) is 10.6. The number of pyridine rings is 1. The van der Waals surface area contributed by atoms with Crippen LogP contribution in [0.15, 0.2) is 193 Å². The van der Waals surface area contributed by atoms with Crippen molar-refractivity contribution in [2.24, 2.45) is 0 Å². The molecular formula is C54H31NO. The van der Waals surface area contributed by atoms with Crippen molar-refractivity contribution in [1.82, 2.24) is 4.98 Å². The second-order valence-corrected chi connectivity index (χ2v) is 15.3. The van der Waals surface area contributed by atoms with E-state index in [0.717, 1.165) is 21.9 Å². The maximum atomic E-state index is 6.26. The molecule has 9 aromatic carbocycles. The molecule has 0 saturated heterocycles. The quantitative estimate of drug-likeness (QED) is 0.167. The highest BCUT2D eigenvalue weighted by Gasteiger charge is 2.50. The molecule has 0 saturated carbocycles. The van der Waals surface area contributed by atoms with Gasteiger partial charge < -0.3 is 4.42 Å². The van der Waals surface area contributed by atoms with Gasteiger partial charge in [0, 0.05) is 28.7 Å². The third kappa shape index (κ3) is 3.73. The molecule has 0 amide bonds. The molecule has 2 aromatic heterocycles. The zero-order chi connectivity index (χ0) is 36.5. The zero-order valence-electron chi connectivity index (χ0n) is 30.3. The lowest BCUT2D eigenvalue weighted by molar-refractivity contribution is 0.669. The summed E-state index contributed by atoms with van der Waals surface area (Å²) in [6, 6.07) is 65.1. The lowest BCUT2D eigenvalue weighted by Gasteiger charge is -2.40. The van der Waals surface area contributed by atoms with Gasteiger partial charge in [-0.05, 0) is 124 Å². The molecule has 2 heterocycles. The molecule has 2 aliphatic rings. The number of aromatic nitrogens is 1. The van der Waals surface area contributed by atoms with E-state index in [1.165, 1.54) is 99.1 Å². The molecule has 258 valence electrons. The second-order valence-electron chi connectivity index (χ2n) is 15.3. The van der Waals surface area contributed by atoms with Crippen molar-refractivity contribution < 1.29 is 4.42 Å². The molecule has 0 fully saturated rings. The summed E-state index contributed by atoms with van der Waals surface area (Å²) in [6.07, 6.45) is 4.05. The maximum Gasteiger partial charge on any atom is 0.135 e. The molecule has 0 aliphatic heterocycles. The Morgan fingerprint density at radius 3 is 1.73 bits per heavy atom. The maximum absolute atomic E-state index is 6.26. The molecular weight excluding hydrogens is 679 g/mol. The molecule has 11 aromatic rings. The van der Waals surface area contributed by atoms with Crippen LogP contribution in [0, 0.1) is 0 Å². The van der Waals surface area contributed by atoms with Gasteiger partial charge in [-0.2, -0.15) is 0 Å². The number of rotatable bonds is 2. The highest BCUT2D eigenvalue weighted by Crippen LogP contribution is 2.62. The topological polar surface area (TPSA) is 26.0 Å². The Morgan fingerprint density at radius 2 is 0.946 bits per heavy atom. The summed E-state index contributed by atoms with van der Waals surface area (Å²) in [6.45, 7) is 0. The molecule has 0 radical (unpaired) electrons. The summed E-state index contributed by atoms with van der Waals surface area (Å²) in [7, 11) is 0. The van der Waals surface area contributed by atoms with Gasteiger partial charge in [0.15, 0.2) is 0 Å². The Kier molecular flexibility index (Phi) is 5.86. The molecule has 0 bridgehead atoms. The lowest BCUT2D eigenvalue weighted by Crippen LogP contribution is -2.31. The summed E-state index contributed by atoms with van der Waals surface area (Å²) < 4.78 is 6.26. The first kappa shape index (κ1) is 30.1. The Balaban J connectivity index is 1.13. The van der Waals surface area contributed by atoms with Crippen molar-refractivity contribution in [3.8, 4) is 44.5 Å². The monoisotopic (exact) mass is 709 g/mol. The Hall–Kier alpha value is -7.29. The van der Waals surface area contributed by atoms with E-state index < -0.39 is 5.41 Å². The van der Waals surface area contributed by atoms with Crippen LogP contribution < -0.4 is 0 Å². The fraction of sp³-hybridized carbons (Fsp3) is 0.0185. The summed E-state index contributed by atoms with van der Waals surface area (Å²) in [5.74, 6) is 0. The highest BCUT2D eigenvalue weighted by atomic mass is 16.3. The van der Waals surface area contributed by atoms with E-state index in [9.17, 15) is 0 Å². The largest absolute Gasteiger partial charge is 0.456 e. The number of benzene rings is 9. The number of hydrogen-bond acceptors (Lipinski definition) is 2. The lowest BCUT2D eigenvalue weighted by atomic mass is 9.61. The van der Waals surface area contributed by atoms with Gasteiger partial charge in [-0.1, -0.05) is 146 Å². The number of para-hydroxylation sites is 1. The van der Waals surface area contributed by atoms with Crippen LogP contribution in [0.2, 0.25) is 0 Å². The smallest absolute Gasteiger partial charge is 0.135 e. The summed E-state index contributed by atoms with van der Waals surface area (Å²) in [5.41, 5.74) is 16.5. The average molecular weight is 710 g/mol. The molecule has 1 atom stereocenters. The van der Waals surface area contributed by atoms with E-state index >= 15 is 0 Å². The van der Waals surface area contributed by atoms with Gasteiger partial charge in [0.1, 0.15) is 11.2 Å². The van der Waals surface area contributed by atoms with Crippen LogP contribution in [0.1, 0.15) is 22.3 Å². The molecule has 2 heteroatoms. The van der Waals surface area contributed by atoms with E-state index in [1.54, 1.807) is 0 Å². The van der Waals surface area contributed by atoms with Gasteiger partial charge in [0.25, 0.3) is 0 Å². The highest BCUT2D eigenvalue weighted by molar-refractivity contribution is 6.22. The van der Waals surface area contributed by atoms with Crippen LogP contribution in [0.5, 0.6) is 0 Å². The first-order chi connectivity index (χ1) is 27.8. The predicted octanol–water partition coefficient (Wildman–Crippen LogP) is 14.1. The van der Waals surface area contributed by atoms with Gasteiger partial charge in [-0.15, -0.1) is 0 Å². The van der Waals surface area contributed by atoms with Crippen molar-refractivity contribution in [2.45, 2.75) is 5.41 Å². The summed E-state index contributed by atoms with van der Waals surface area (Å²) in [5, 5.41) is 9.82. The van der Waals surface area contributed by atoms with Crippen LogP contribution in [-0.2, 0) is 5.41 Å². The molecule has 1 spiro atoms. The van der Waals surface area contributed by atoms with Gasteiger partial charge in [0.2, 0.25) is 0 Å². The minimum absolute atomic E-state index is 0.512. The number of fused-ring (bicyclic) bond motifs is 14. The van der Waals surface area contributed by atoms with Gasteiger partial charge in [-0.25, -0.2) is 0 Å². The predicted molar refractivity (Wildman–Crippen MR) is 231 cm³/mol. The third-order valence-corrected chi connectivity index (χ3v) is 12.8. The molecule has 13 rings (SSSR count). The van der Waals surface area contributed by atoms with Crippen molar-refractivity contribution in [3.63, 3.8) is 0 Å². The fourth-order valence-electron chi connectivity index (χ4n) is 10.6. The second kappa shape index (κ2) is 10.9. The van der Waals surface area contributed by atoms with E-state index in [-0.39, 0.29) is 0 Å². The Bertz CT molecular complexity index is 3430.